The molecule has 0 fully saturated rings. The number of rotatable bonds is 9. The van der Waals surface area contributed by atoms with Crippen molar-refractivity contribution in [3.8, 4) is 5.75 Å². The molecule has 29 heavy (non-hydrogen) atoms. The van der Waals surface area contributed by atoms with E-state index in [4.69, 9.17) is 16.3 Å². The lowest BCUT2D eigenvalue weighted by atomic mass is 10.1. The van der Waals surface area contributed by atoms with Crippen LogP contribution in [0.25, 0.3) is 0 Å². The Morgan fingerprint density at radius 1 is 1.14 bits per heavy atom. The summed E-state index contributed by atoms with van der Waals surface area (Å²) in [5.41, 5.74) is 2.09. The predicted molar refractivity (Wildman–Crippen MR) is 116 cm³/mol. The van der Waals surface area contributed by atoms with Crippen LogP contribution in [0, 0.1) is 6.92 Å². The average molecular weight is 417 g/mol. The van der Waals surface area contributed by atoms with Gasteiger partial charge in [0.15, 0.2) is 6.61 Å². The van der Waals surface area contributed by atoms with Crippen molar-refractivity contribution >= 4 is 23.4 Å². The maximum Gasteiger partial charge on any atom is 0.261 e. The van der Waals surface area contributed by atoms with E-state index in [2.05, 4.69) is 5.32 Å². The topological polar surface area (TPSA) is 58.6 Å². The summed E-state index contributed by atoms with van der Waals surface area (Å²) < 4.78 is 5.61. The lowest BCUT2D eigenvalue weighted by molar-refractivity contribution is -0.142. The molecule has 0 aliphatic rings. The van der Waals surface area contributed by atoms with Gasteiger partial charge in [-0.3, -0.25) is 9.59 Å². The van der Waals surface area contributed by atoms with Gasteiger partial charge in [-0.1, -0.05) is 54.4 Å². The van der Waals surface area contributed by atoms with Gasteiger partial charge in [0.05, 0.1) is 0 Å². The number of nitrogens with zero attached hydrogens (tertiary/aromatic N) is 1. The molecule has 0 heterocycles. The molecule has 0 spiro atoms. The fraction of sp³-hybridized carbons (Fsp3) is 0.391. The second kappa shape index (κ2) is 10.9. The number of carbonyl (C=O) groups is 2. The fourth-order valence-electron chi connectivity index (χ4n) is 2.72. The summed E-state index contributed by atoms with van der Waals surface area (Å²) in [7, 11) is 0. The highest BCUT2D eigenvalue weighted by Gasteiger charge is 2.27. The van der Waals surface area contributed by atoms with Crippen molar-refractivity contribution < 1.29 is 14.3 Å². The van der Waals surface area contributed by atoms with Crippen molar-refractivity contribution in [2.24, 2.45) is 0 Å². The molecule has 0 aliphatic heterocycles. The number of amides is 2. The summed E-state index contributed by atoms with van der Waals surface area (Å²) in [5.74, 6) is 0.0674. The summed E-state index contributed by atoms with van der Waals surface area (Å²) in [6.45, 7) is 7.85. The standard InChI is InChI=1S/C23H29ClN2O3/c1-5-17(3)25-23(28)18(4)26(14-19-11-9-16(2)10-12-19)22(27)15-29-21-8-6-7-20(24)13-21/h6-13,17-18H,5,14-15H2,1-4H3,(H,25,28). The van der Waals surface area contributed by atoms with Gasteiger partial charge >= 0.3 is 0 Å². The van der Waals surface area contributed by atoms with Crippen LogP contribution in [-0.4, -0.2) is 35.4 Å². The molecule has 5 nitrogen and oxygen atoms in total. The molecule has 2 atom stereocenters. The Hall–Kier alpha value is -2.53. The first-order valence-corrected chi connectivity index (χ1v) is 10.2. The summed E-state index contributed by atoms with van der Waals surface area (Å²) in [4.78, 5) is 27.2. The van der Waals surface area contributed by atoms with Gasteiger partial charge < -0.3 is 15.0 Å². The van der Waals surface area contributed by atoms with Gasteiger partial charge in [0.2, 0.25) is 5.91 Å². The quantitative estimate of drug-likeness (QED) is 0.660. The minimum Gasteiger partial charge on any atom is -0.484 e. The number of carbonyl (C=O) groups excluding carboxylic acids is 2. The van der Waals surface area contributed by atoms with Crippen molar-refractivity contribution in [1.29, 1.82) is 0 Å². The van der Waals surface area contributed by atoms with Crippen molar-refractivity contribution in [3.05, 3.63) is 64.7 Å². The largest absolute Gasteiger partial charge is 0.484 e. The fourth-order valence-corrected chi connectivity index (χ4v) is 2.90. The first kappa shape index (κ1) is 22.8. The van der Waals surface area contributed by atoms with E-state index in [9.17, 15) is 9.59 Å². The van der Waals surface area contributed by atoms with E-state index in [0.717, 1.165) is 17.5 Å². The van der Waals surface area contributed by atoms with Gasteiger partial charge in [0, 0.05) is 17.6 Å². The molecule has 2 aromatic carbocycles. The summed E-state index contributed by atoms with van der Waals surface area (Å²) in [5, 5.41) is 3.48. The van der Waals surface area contributed by atoms with Crippen LogP contribution in [-0.2, 0) is 16.1 Å². The molecule has 2 rings (SSSR count). The average Bonchev–Trinajstić information content (AvgIpc) is 2.71. The van der Waals surface area contributed by atoms with Gasteiger partial charge in [0.1, 0.15) is 11.8 Å². The summed E-state index contributed by atoms with van der Waals surface area (Å²) in [6, 6.07) is 14.2. The molecule has 2 amide bonds. The highest BCUT2D eigenvalue weighted by molar-refractivity contribution is 6.30. The first-order valence-electron chi connectivity index (χ1n) is 9.84. The van der Waals surface area contributed by atoms with E-state index in [1.165, 1.54) is 0 Å². The van der Waals surface area contributed by atoms with Crippen LogP contribution in [0.3, 0.4) is 0 Å². The number of hydrogen-bond acceptors (Lipinski definition) is 3. The second-order valence-corrected chi connectivity index (χ2v) is 7.68. The van der Waals surface area contributed by atoms with Crippen LogP contribution >= 0.6 is 11.6 Å². The Morgan fingerprint density at radius 3 is 2.45 bits per heavy atom. The summed E-state index contributed by atoms with van der Waals surface area (Å²) in [6.07, 6.45) is 0.822. The van der Waals surface area contributed by atoms with Crippen LogP contribution in [0.2, 0.25) is 5.02 Å². The van der Waals surface area contributed by atoms with Crippen LogP contribution in [0.15, 0.2) is 48.5 Å². The third kappa shape index (κ3) is 7.09. The van der Waals surface area contributed by atoms with E-state index < -0.39 is 6.04 Å². The van der Waals surface area contributed by atoms with Crippen molar-refractivity contribution in [2.75, 3.05) is 6.61 Å². The summed E-state index contributed by atoms with van der Waals surface area (Å²) >= 11 is 5.97. The van der Waals surface area contributed by atoms with Gasteiger partial charge in [-0.05, 0) is 51.0 Å². The third-order valence-electron chi connectivity index (χ3n) is 4.80. The lowest BCUT2D eigenvalue weighted by Crippen LogP contribution is -2.50. The number of aryl methyl sites for hydroxylation is 1. The van der Waals surface area contributed by atoms with E-state index in [1.54, 1.807) is 36.1 Å². The maximum atomic E-state index is 13.0. The number of benzene rings is 2. The molecule has 0 saturated carbocycles. The smallest absolute Gasteiger partial charge is 0.261 e. The zero-order valence-electron chi connectivity index (χ0n) is 17.4. The van der Waals surface area contributed by atoms with E-state index >= 15 is 0 Å². The first-order chi connectivity index (χ1) is 13.8. The SMILES string of the molecule is CCC(C)NC(=O)C(C)N(Cc1ccc(C)cc1)C(=O)COc1cccc(Cl)c1. The third-order valence-corrected chi connectivity index (χ3v) is 5.04. The minimum absolute atomic E-state index is 0.0454. The Kier molecular flexibility index (Phi) is 8.52. The number of halogens is 1. The maximum absolute atomic E-state index is 13.0. The van der Waals surface area contributed by atoms with Crippen molar-refractivity contribution in [2.45, 2.75) is 52.7 Å². The van der Waals surface area contributed by atoms with Gasteiger partial charge in [-0.25, -0.2) is 0 Å². The number of nitrogens with one attached hydrogen (secondary N) is 1. The number of hydrogen-bond donors (Lipinski definition) is 1. The molecule has 0 saturated heterocycles. The normalized spacial score (nSPS) is 12.7. The molecule has 6 heteroatoms. The molecule has 0 aromatic heterocycles. The zero-order chi connectivity index (χ0) is 21.4. The Labute approximate surface area is 178 Å². The van der Waals surface area contributed by atoms with Gasteiger partial charge in [-0.2, -0.15) is 0 Å². The Morgan fingerprint density at radius 2 is 1.83 bits per heavy atom. The lowest BCUT2D eigenvalue weighted by Gasteiger charge is -2.29. The molecule has 0 aliphatic carbocycles. The highest BCUT2D eigenvalue weighted by atomic mass is 35.5. The van der Waals surface area contributed by atoms with E-state index in [-0.39, 0.29) is 24.5 Å². The minimum atomic E-state index is -0.624. The van der Waals surface area contributed by atoms with Gasteiger partial charge in [0.25, 0.3) is 5.91 Å². The Bertz CT molecular complexity index is 823. The number of ether oxygens (including phenoxy) is 1. The van der Waals surface area contributed by atoms with Crippen LogP contribution in [0.5, 0.6) is 5.75 Å². The zero-order valence-corrected chi connectivity index (χ0v) is 18.2. The molecule has 2 aromatic rings. The van der Waals surface area contributed by atoms with Crippen LogP contribution in [0.1, 0.15) is 38.3 Å². The van der Waals surface area contributed by atoms with Gasteiger partial charge in [-0.15, -0.1) is 0 Å². The molecule has 0 bridgehead atoms. The second-order valence-electron chi connectivity index (χ2n) is 7.25. The monoisotopic (exact) mass is 416 g/mol. The van der Waals surface area contributed by atoms with Crippen LogP contribution < -0.4 is 10.1 Å². The van der Waals surface area contributed by atoms with E-state index in [1.807, 2.05) is 45.0 Å². The van der Waals surface area contributed by atoms with Crippen LogP contribution in [0.4, 0.5) is 0 Å². The molecular formula is C23H29ClN2O3. The molecule has 1 N–H and O–H groups in total. The Balaban J connectivity index is 2.14. The van der Waals surface area contributed by atoms with Crippen molar-refractivity contribution in [1.82, 2.24) is 10.2 Å². The molecule has 156 valence electrons. The van der Waals surface area contributed by atoms with Crippen molar-refractivity contribution in [3.63, 3.8) is 0 Å². The predicted octanol–water partition coefficient (Wildman–Crippen LogP) is 4.36. The molecule has 2 unspecified atom stereocenters. The van der Waals surface area contributed by atoms with E-state index in [0.29, 0.717) is 17.3 Å². The highest BCUT2D eigenvalue weighted by Crippen LogP contribution is 2.18. The molecule has 0 radical (unpaired) electrons. The molecular weight excluding hydrogens is 388 g/mol.